The van der Waals surface area contributed by atoms with Gasteiger partial charge in [-0.25, -0.2) is 0 Å². The highest BCUT2D eigenvalue weighted by Gasteiger charge is 2.17. The summed E-state index contributed by atoms with van der Waals surface area (Å²) >= 11 is 0. The zero-order valence-corrected chi connectivity index (χ0v) is 11.0. The third-order valence-electron chi connectivity index (χ3n) is 3.65. The standard InChI is InChI=1S/C13H26N2O/c1-4-12-7-10-15(11-8-12)9-5-6-13(16)14(2)3/h12H,4-11H2,1-3H3. The molecule has 0 N–H and O–H groups in total. The summed E-state index contributed by atoms with van der Waals surface area (Å²) in [6.07, 6.45) is 5.72. The van der Waals surface area contributed by atoms with Crippen LogP contribution in [0.3, 0.4) is 0 Å². The van der Waals surface area contributed by atoms with Gasteiger partial charge in [0.05, 0.1) is 0 Å². The molecular weight excluding hydrogens is 200 g/mol. The lowest BCUT2D eigenvalue weighted by Crippen LogP contribution is -2.34. The van der Waals surface area contributed by atoms with Crippen molar-refractivity contribution in [1.82, 2.24) is 9.80 Å². The maximum atomic E-state index is 11.4. The normalized spacial score (nSPS) is 18.7. The fraction of sp³-hybridized carbons (Fsp3) is 0.923. The van der Waals surface area contributed by atoms with E-state index < -0.39 is 0 Å². The molecule has 1 rings (SSSR count). The van der Waals surface area contributed by atoms with E-state index in [1.165, 1.54) is 32.4 Å². The predicted octanol–water partition coefficient (Wildman–Crippen LogP) is 1.98. The molecule has 3 heteroatoms. The first-order chi connectivity index (χ1) is 7.63. The lowest BCUT2D eigenvalue weighted by Gasteiger charge is -2.31. The Hall–Kier alpha value is -0.570. The predicted molar refractivity (Wildman–Crippen MR) is 67.4 cm³/mol. The number of piperidine rings is 1. The van der Waals surface area contributed by atoms with Gasteiger partial charge < -0.3 is 9.80 Å². The van der Waals surface area contributed by atoms with E-state index in [-0.39, 0.29) is 5.91 Å². The van der Waals surface area contributed by atoms with E-state index in [0.29, 0.717) is 6.42 Å². The summed E-state index contributed by atoms with van der Waals surface area (Å²) in [5.41, 5.74) is 0. The smallest absolute Gasteiger partial charge is 0.222 e. The molecule has 1 amide bonds. The summed E-state index contributed by atoms with van der Waals surface area (Å²) in [6, 6.07) is 0. The average Bonchev–Trinajstić information content (AvgIpc) is 2.29. The number of carbonyl (C=O) groups excluding carboxylic acids is 1. The van der Waals surface area contributed by atoms with Crippen LogP contribution in [0.15, 0.2) is 0 Å². The number of hydrogen-bond donors (Lipinski definition) is 0. The molecule has 1 fully saturated rings. The van der Waals surface area contributed by atoms with Crippen LogP contribution in [0.25, 0.3) is 0 Å². The van der Waals surface area contributed by atoms with Gasteiger partial charge >= 0.3 is 0 Å². The molecule has 0 aromatic rings. The van der Waals surface area contributed by atoms with Gasteiger partial charge in [0.25, 0.3) is 0 Å². The Kier molecular flexibility index (Phi) is 5.81. The summed E-state index contributed by atoms with van der Waals surface area (Å²) in [5, 5.41) is 0. The first-order valence-corrected chi connectivity index (χ1v) is 6.56. The van der Waals surface area contributed by atoms with Crippen molar-refractivity contribution in [2.75, 3.05) is 33.7 Å². The van der Waals surface area contributed by atoms with Crippen molar-refractivity contribution in [2.24, 2.45) is 5.92 Å². The van der Waals surface area contributed by atoms with E-state index in [4.69, 9.17) is 0 Å². The van der Waals surface area contributed by atoms with Crippen LogP contribution < -0.4 is 0 Å². The van der Waals surface area contributed by atoms with Crippen molar-refractivity contribution >= 4 is 5.91 Å². The molecule has 16 heavy (non-hydrogen) atoms. The van der Waals surface area contributed by atoms with E-state index in [0.717, 1.165) is 18.9 Å². The Bertz CT molecular complexity index is 208. The van der Waals surface area contributed by atoms with Crippen LogP contribution in [-0.4, -0.2) is 49.4 Å². The van der Waals surface area contributed by atoms with Crippen LogP contribution in [0, 0.1) is 5.92 Å². The van der Waals surface area contributed by atoms with Crippen molar-refractivity contribution in [1.29, 1.82) is 0 Å². The first-order valence-electron chi connectivity index (χ1n) is 6.56. The molecule has 0 aromatic heterocycles. The second-order valence-corrected chi connectivity index (χ2v) is 5.08. The van der Waals surface area contributed by atoms with E-state index >= 15 is 0 Å². The number of likely N-dealkylation sites (tertiary alicyclic amines) is 1. The van der Waals surface area contributed by atoms with Crippen LogP contribution in [0.1, 0.15) is 39.0 Å². The highest BCUT2D eigenvalue weighted by molar-refractivity contribution is 5.75. The van der Waals surface area contributed by atoms with Gasteiger partial charge in [0.15, 0.2) is 0 Å². The lowest BCUT2D eigenvalue weighted by molar-refractivity contribution is -0.128. The SMILES string of the molecule is CCC1CCN(CCCC(=O)N(C)C)CC1. The number of amides is 1. The molecule has 0 aliphatic carbocycles. The zero-order chi connectivity index (χ0) is 12.0. The lowest BCUT2D eigenvalue weighted by atomic mass is 9.94. The van der Waals surface area contributed by atoms with Gasteiger partial charge in [-0.2, -0.15) is 0 Å². The van der Waals surface area contributed by atoms with Crippen LogP contribution in [0.5, 0.6) is 0 Å². The Labute approximate surface area is 99.8 Å². The molecule has 1 heterocycles. The highest BCUT2D eigenvalue weighted by atomic mass is 16.2. The average molecular weight is 226 g/mol. The van der Waals surface area contributed by atoms with Gasteiger partial charge in [-0.05, 0) is 44.8 Å². The maximum Gasteiger partial charge on any atom is 0.222 e. The third kappa shape index (κ3) is 4.52. The number of rotatable bonds is 5. The summed E-state index contributed by atoms with van der Waals surface area (Å²) in [4.78, 5) is 15.6. The van der Waals surface area contributed by atoms with Crippen LogP contribution in [0.2, 0.25) is 0 Å². The van der Waals surface area contributed by atoms with Crippen molar-refractivity contribution in [3.63, 3.8) is 0 Å². The van der Waals surface area contributed by atoms with Gasteiger partial charge in [-0.1, -0.05) is 13.3 Å². The quantitative estimate of drug-likeness (QED) is 0.715. The molecule has 1 aliphatic heterocycles. The van der Waals surface area contributed by atoms with Gasteiger partial charge in [0.2, 0.25) is 5.91 Å². The second kappa shape index (κ2) is 6.89. The molecule has 0 radical (unpaired) electrons. The monoisotopic (exact) mass is 226 g/mol. The molecule has 0 bridgehead atoms. The van der Waals surface area contributed by atoms with E-state index in [9.17, 15) is 4.79 Å². The topological polar surface area (TPSA) is 23.6 Å². The molecule has 94 valence electrons. The molecule has 0 aromatic carbocycles. The molecule has 1 saturated heterocycles. The van der Waals surface area contributed by atoms with Gasteiger partial charge in [0, 0.05) is 20.5 Å². The van der Waals surface area contributed by atoms with Crippen molar-refractivity contribution in [2.45, 2.75) is 39.0 Å². The van der Waals surface area contributed by atoms with Gasteiger partial charge in [0.1, 0.15) is 0 Å². The minimum atomic E-state index is 0.253. The van der Waals surface area contributed by atoms with Crippen LogP contribution >= 0.6 is 0 Å². The number of hydrogen-bond acceptors (Lipinski definition) is 2. The first kappa shape index (κ1) is 13.5. The van der Waals surface area contributed by atoms with Gasteiger partial charge in [-0.15, -0.1) is 0 Å². The molecular formula is C13H26N2O. The maximum absolute atomic E-state index is 11.4. The Balaban J connectivity index is 2.08. The molecule has 0 spiro atoms. The Morgan fingerprint density at radius 1 is 1.31 bits per heavy atom. The van der Waals surface area contributed by atoms with Crippen LogP contribution in [0.4, 0.5) is 0 Å². The van der Waals surface area contributed by atoms with Gasteiger partial charge in [-0.3, -0.25) is 4.79 Å². The van der Waals surface area contributed by atoms with E-state index in [1.54, 1.807) is 4.90 Å². The fourth-order valence-electron chi connectivity index (χ4n) is 2.30. The zero-order valence-electron chi connectivity index (χ0n) is 11.0. The minimum Gasteiger partial charge on any atom is -0.349 e. The second-order valence-electron chi connectivity index (χ2n) is 5.08. The molecule has 3 nitrogen and oxygen atoms in total. The molecule has 0 atom stereocenters. The summed E-state index contributed by atoms with van der Waals surface area (Å²) < 4.78 is 0. The summed E-state index contributed by atoms with van der Waals surface area (Å²) in [7, 11) is 3.66. The Morgan fingerprint density at radius 2 is 1.94 bits per heavy atom. The van der Waals surface area contributed by atoms with Crippen molar-refractivity contribution in [3.8, 4) is 0 Å². The third-order valence-corrected chi connectivity index (χ3v) is 3.65. The van der Waals surface area contributed by atoms with Crippen molar-refractivity contribution in [3.05, 3.63) is 0 Å². The fourth-order valence-corrected chi connectivity index (χ4v) is 2.30. The summed E-state index contributed by atoms with van der Waals surface area (Å²) in [5.74, 6) is 1.20. The van der Waals surface area contributed by atoms with Crippen LogP contribution in [-0.2, 0) is 4.79 Å². The minimum absolute atomic E-state index is 0.253. The number of carbonyl (C=O) groups is 1. The molecule has 1 aliphatic rings. The Morgan fingerprint density at radius 3 is 2.44 bits per heavy atom. The van der Waals surface area contributed by atoms with E-state index in [1.807, 2.05) is 14.1 Å². The summed E-state index contributed by atoms with van der Waals surface area (Å²) in [6.45, 7) is 5.84. The molecule has 0 saturated carbocycles. The van der Waals surface area contributed by atoms with Crippen molar-refractivity contribution < 1.29 is 4.79 Å². The molecule has 0 unspecified atom stereocenters. The largest absolute Gasteiger partial charge is 0.349 e. The number of nitrogens with zero attached hydrogens (tertiary/aromatic N) is 2. The van der Waals surface area contributed by atoms with E-state index in [2.05, 4.69) is 11.8 Å². The highest BCUT2D eigenvalue weighted by Crippen LogP contribution is 2.19.